The Bertz CT molecular complexity index is 259. The Kier molecular flexibility index (Phi) is 3.15. The molecular formula is C13H22N2O. The van der Waals surface area contributed by atoms with E-state index in [4.69, 9.17) is 4.74 Å². The van der Waals surface area contributed by atoms with E-state index in [-0.39, 0.29) is 0 Å². The van der Waals surface area contributed by atoms with Crippen LogP contribution in [0.25, 0.3) is 0 Å². The van der Waals surface area contributed by atoms with Crippen molar-refractivity contribution in [3.63, 3.8) is 0 Å². The number of hydrogen-bond acceptors (Lipinski definition) is 3. The molecule has 2 atom stereocenters. The van der Waals surface area contributed by atoms with Gasteiger partial charge in [-0.1, -0.05) is 0 Å². The molecule has 4 aliphatic rings. The molecule has 3 nitrogen and oxygen atoms in total. The molecule has 2 bridgehead atoms. The van der Waals surface area contributed by atoms with E-state index in [1.807, 2.05) is 6.26 Å². The minimum Gasteiger partial charge on any atom is -0.497 e. The average Bonchev–Trinajstić information content (AvgIpc) is 2.39. The zero-order valence-corrected chi connectivity index (χ0v) is 9.90. The largest absolute Gasteiger partial charge is 0.497 e. The van der Waals surface area contributed by atoms with Crippen molar-refractivity contribution in [1.29, 1.82) is 0 Å². The number of nitrogens with one attached hydrogen (secondary N) is 1. The van der Waals surface area contributed by atoms with E-state index in [1.54, 1.807) is 0 Å². The van der Waals surface area contributed by atoms with E-state index in [0.717, 1.165) is 18.5 Å². The molecule has 1 N–H and O–H groups in total. The van der Waals surface area contributed by atoms with Gasteiger partial charge in [-0.15, -0.1) is 0 Å². The van der Waals surface area contributed by atoms with Crippen LogP contribution in [0.4, 0.5) is 0 Å². The minimum absolute atomic E-state index is 0.403. The molecule has 4 rings (SSSR count). The number of hydrogen-bond donors (Lipinski definition) is 1. The molecular weight excluding hydrogens is 200 g/mol. The Labute approximate surface area is 97.8 Å². The first-order valence-electron chi connectivity index (χ1n) is 6.68. The highest BCUT2D eigenvalue weighted by atomic mass is 16.5. The van der Waals surface area contributed by atoms with E-state index in [0.29, 0.717) is 6.10 Å². The average molecular weight is 222 g/mol. The van der Waals surface area contributed by atoms with Crippen molar-refractivity contribution in [2.45, 2.75) is 37.8 Å². The number of piperidine rings is 3. The molecule has 16 heavy (non-hydrogen) atoms. The van der Waals surface area contributed by atoms with Gasteiger partial charge in [0.25, 0.3) is 0 Å². The maximum atomic E-state index is 5.59. The Balaban J connectivity index is 1.46. The number of ether oxygens (including phenoxy) is 1. The summed E-state index contributed by atoms with van der Waals surface area (Å²) in [6, 6.07) is 0.719. The van der Waals surface area contributed by atoms with Crippen molar-refractivity contribution in [3.05, 3.63) is 12.3 Å². The van der Waals surface area contributed by atoms with E-state index < -0.39 is 0 Å². The predicted octanol–water partition coefficient (Wildman–Crippen LogP) is 1.36. The van der Waals surface area contributed by atoms with E-state index in [9.17, 15) is 0 Å². The molecule has 3 saturated heterocycles. The first-order chi connectivity index (χ1) is 7.92. The molecule has 0 aromatic rings. The van der Waals surface area contributed by atoms with Gasteiger partial charge in [-0.2, -0.15) is 0 Å². The van der Waals surface area contributed by atoms with Crippen molar-refractivity contribution in [2.75, 3.05) is 26.2 Å². The summed E-state index contributed by atoms with van der Waals surface area (Å²) in [6.45, 7) is 4.93. The Morgan fingerprint density at radius 3 is 2.75 bits per heavy atom. The second-order valence-corrected chi connectivity index (χ2v) is 5.36. The third-order valence-corrected chi connectivity index (χ3v) is 4.29. The highest BCUT2D eigenvalue weighted by Gasteiger charge is 2.33. The maximum absolute atomic E-state index is 5.59. The summed E-state index contributed by atoms with van der Waals surface area (Å²) in [5.41, 5.74) is 0. The molecule has 2 unspecified atom stereocenters. The molecule has 0 spiro atoms. The van der Waals surface area contributed by atoms with Crippen LogP contribution in [0.3, 0.4) is 0 Å². The molecule has 0 aromatic heterocycles. The number of nitrogens with zero attached hydrogens (tertiary/aromatic N) is 1. The lowest BCUT2D eigenvalue weighted by molar-refractivity contribution is 0.0580. The second kappa shape index (κ2) is 4.76. The minimum atomic E-state index is 0.403. The fourth-order valence-electron chi connectivity index (χ4n) is 3.21. The summed E-state index contributed by atoms with van der Waals surface area (Å²) in [7, 11) is 0. The number of fused-ring (bicyclic) bond motifs is 3. The van der Waals surface area contributed by atoms with Crippen LogP contribution in [0, 0.1) is 5.92 Å². The normalized spacial score (nSPS) is 42.0. The Morgan fingerprint density at radius 2 is 2.12 bits per heavy atom. The van der Waals surface area contributed by atoms with Gasteiger partial charge < -0.3 is 15.0 Å². The highest BCUT2D eigenvalue weighted by molar-refractivity contribution is 4.92. The fourth-order valence-corrected chi connectivity index (χ4v) is 3.21. The summed E-state index contributed by atoms with van der Waals surface area (Å²) in [4.78, 5) is 2.60. The van der Waals surface area contributed by atoms with Gasteiger partial charge in [-0.05, 0) is 50.8 Å². The monoisotopic (exact) mass is 222 g/mol. The van der Waals surface area contributed by atoms with E-state index in [2.05, 4.69) is 16.3 Å². The summed E-state index contributed by atoms with van der Waals surface area (Å²) < 4.78 is 5.59. The van der Waals surface area contributed by atoms with E-state index in [1.165, 1.54) is 45.3 Å². The van der Waals surface area contributed by atoms with E-state index >= 15 is 0 Å². The van der Waals surface area contributed by atoms with Crippen molar-refractivity contribution < 1.29 is 4.74 Å². The first-order valence-corrected chi connectivity index (χ1v) is 6.68. The topological polar surface area (TPSA) is 24.5 Å². The molecule has 3 heteroatoms. The van der Waals surface area contributed by atoms with Crippen LogP contribution in [-0.2, 0) is 4.74 Å². The van der Waals surface area contributed by atoms with Crippen LogP contribution in [0.2, 0.25) is 0 Å². The van der Waals surface area contributed by atoms with Crippen LogP contribution >= 0.6 is 0 Å². The second-order valence-electron chi connectivity index (χ2n) is 5.36. The fraction of sp³-hybridized carbons (Fsp3) is 0.846. The zero-order valence-electron chi connectivity index (χ0n) is 9.90. The highest BCUT2D eigenvalue weighted by Crippen LogP contribution is 2.27. The Hall–Kier alpha value is -0.540. The van der Waals surface area contributed by atoms with Gasteiger partial charge in [0.2, 0.25) is 0 Å². The molecule has 90 valence electrons. The van der Waals surface area contributed by atoms with Crippen LogP contribution in [0.5, 0.6) is 0 Å². The standard InChI is InChI=1S/C13H22N2O/c1-2-8-16-12(3-1)9-14-13-10-15-6-4-11(13)5-7-15/h2,8,11-14H,1,3-7,9-10H2. The van der Waals surface area contributed by atoms with Crippen molar-refractivity contribution in [3.8, 4) is 0 Å². The quantitative estimate of drug-likeness (QED) is 0.780. The molecule has 4 aliphatic heterocycles. The Morgan fingerprint density at radius 1 is 1.25 bits per heavy atom. The number of rotatable bonds is 3. The van der Waals surface area contributed by atoms with Crippen LogP contribution in [0.1, 0.15) is 25.7 Å². The molecule has 3 fully saturated rings. The molecule has 0 aliphatic carbocycles. The summed E-state index contributed by atoms with van der Waals surface area (Å²) in [5.74, 6) is 0.920. The predicted molar refractivity (Wildman–Crippen MR) is 64.2 cm³/mol. The van der Waals surface area contributed by atoms with Gasteiger partial charge in [-0.3, -0.25) is 0 Å². The lowest BCUT2D eigenvalue weighted by Gasteiger charge is -2.45. The van der Waals surface area contributed by atoms with Gasteiger partial charge in [0.1, 0.15) is 6.10 Å². The van der Waals surface area contributed by atoms with Gasteiger partial charge in [-0.25, -0.2) is 0 Å². The summed E-state index contributed by atoms with van der Waals surface area (Å²) in [6.07, 6.45) is 9.51. The zero-order chi connectivity index (χ0) is 10.8. The van der Waals surface area contributed by atoms with Crippen molar-refractivity contribution in [1.82, 2.24) is 10.2 Å². The van der Waals surface area contributed by atoms with Crippen LogP contribution in [0.15, 0.2) is 12.3 Å². The van der Waals surface area contributed by atoms with Gasteiger partial charge in [0.15, 0.2) is 0 Å². The molecule has 4 heterocycles. The third-order valence-electron chi connectivity index (χ3n) is 4.29. The van der Waals surface area contributed by atoms with Gasteiger partial charge in [0, 0.05) is 19.1 Å². The first kappa shape index (κ1) is 10.6. The van der Waals surface area contributed by atoms with Gasteiger partial charge in [0.05, 0.1) is 6.26 Å². The SMILES string of the molecule is C1=COC(CNC2CN3CCC2CC3)CC1. The lowest BCUT2D eigenvalue weighted by Crippen LogP contribution is -2.57. The van der Waals surface area contributed by atoms with Gasteiger partial charge >= 0.3 is 0 Å². The molecule has 0 aromatic carbocycles. The number of allylic oxidation sites excluding steroid dienone is 1. The third kappa shape index (κ3) is 2.25. The van der Waals surface area contributed by atoms with Crippen LogP contribution < -0.4 is 5.32 Å². The molecule has 0 radical (unpaired) electrons. The van der Waals surface area contributed by atoms with Crippen molar-refractivity contribution >= 4 is 0 Å². The molecule has 0 saturated carbocycles. The smallest absolute Gasteiger partial charge is 0.110 e. The maximum Gasteiger partial charge on any atom is 0.110 e. The van der Waals surface area contributed by atoms with Crippen LogP contribution in [-0.4, -0.2) is 43.2 Å². The summed E-state index contributed by atoms with van der Waals surface area (Å²) >= 11 is 0. The lowest BCUT2D eigenvalue weighted by atomic mass is 9.84. The van der Waals surface area contributed by atoms with Crippen molar-refractivity contribution in [2.24, 2.45) is 5.92 Å². The summed E-state index contributed by atoms with van der Waals surface area (Å²) in [5, 5.41) is 3.72. The molecule has 0 amide bonds.